The number of carbonyl (C=O) groups excluding carboxylic acids is 1. The van der Waals surface area contributed by atoms with Crippen molar-refractivity contribution in [3.05, 3.63) is 53.1 Å². The van der Waals surface area contributed by atoms with Gasteiger partial charge in [-0.25, -0.2) is 0 Å². The van der Waals surface area contributed by atoms with Crippen molar-refractivity contribution >= 4 is 23.2 Å². The Kier molecular flexibility index (Phi) is 5.88. The first-order valence-corrected chi connectivity index (χ1v) is 7.79. The molecule has 5 heteroatoms. The number of halogens is 1. The van der Waals surface area contributed by atoms with Gasteiger partial charge >= 0.3 is 0 Å². The van der Waals surface area contributed by atoms with Crippen LogP contribution in [0.3, 0.4) is 0 Å². The van der Waals surface area contributed by atoms with Crippen molar-refractivity contribution in [1.29, 1.82) is 0 Å². The molecule has 2 rings (SSSR count). The maximum absolute atomic E-state index is 12.4. The zero-order valence-electron chi connectivity index (χ0n) is 13.4. The third kappa shape index (κ3) is 4.63. The molecule has 0 aromatic heterocycles. The van der Waals surface area contributed by atoms with Crippen molar-refractivity contribution in [2.75, 3.05) is 12.4 Å². The third-order valence-electron chi connectivity index (χ3n) is 3.46. The number of methoxy groups -OCH3 is 1. The number of carbonyl (C=O) groups is 1. The molecule has 1 amide bonds. The minimum Gasteiger partial charge on any atom is -0.497 e. The van der Waals surface area contributed by atoms with E-state index in [1.165, 1.54) is 0 Å². The van der Waals surface area contributed by atoms with E-state index in [2.05, 4.69) is 5.32 Å². The average molecular weight is 334 g/mol. The number of nitrogens with one attached hydrogen (secondary N) is 1. The summed E-state index contributed by atoms with van der Waals surface area (Å²) in [6.45, 7) is 3.82. The Bertz CT molecular complexity index is 670. The smallest absolute Gasteiger partial charge is 0.265 e. The molecule has 4 nitrogen and oxygen atoms in total. The summed E-state index contributed by atoms with van der Waals surface area (Å²) in [5.41, 5.74) is 1.64. The van der Waals surface area contributed by atoms with Gasteiger partial charge in [0.15, 0.2) is 6.10 Å². The molecule has 0 saturated carbocycles. The summed E-state index contributed by atoms with van der Waals surface area (Å²) in [7, 11) is 1.60. The molecule has 0 radical (unpaired) electrons. The number of aryl methyl sites for hydroxylation is 1. The van der Waals surface area contributed by atoms with Gasteiger partial charge in [-0.3, -0.25) is 4.79 Å². The molecule has 0 saturated heterocycles. The minimum atomic E-state index is -0.582. The normalized spacial score (nSPS) is 11.7. The molecule has 0 spiro atoms. The van der Waals surface area contributed by atoms with E-state index in [4.69, 9.17) is 21.1 Å². The fourth-order valence-corrected chi connectivity index (χ4v) is 2.26. The second-order valence-electron chi connectivity index (χ2n) is 5.14. The Hall–Kier alpha value is -2.20. The monoisotopic (exact) mass is 333 g/mol. The van der Waals surface area contributed by atoms with Crippen LogP contribution in [0.25, 0.3) is 0 Å². The molecular formula is C18H20ClNO3. The zero-order valence-corrected chi connectivity index (χ0v) is 14.2. The van der Waals surface area contributed by atoms with Crippen molar-refractivity contribution < 1.29 is 14.3 Å². The van der Waals surface area contributed by atoms with Crippen molar-refractivity contribution in [3.63, 3.8) is 0 Å². The fraction of sp³-hybridized carbons (Fsp3) is 0.278. The van der Waals surface area contributed by atoms with E-state index in [9.17, 15) is 4.79 Å². The quantitative estimate of drug-likeness (QED) is 0.849. The van der Waals surface area contributed by atoms with Gasteiger partial charge in [0.2, 0.25) is 0 Å². The van der Waals surface area contributed by atoms with E-state index in [0.29, 0.717) is 22.9 Å². The van der Waals surface area contributed by atoms with Crippen molar-refractivity contribution in [3.8, 4) is 11.5 Å². The van der Waals surface area contributed by atoms with Crippen molar-refractivity contribution in [1.82, 2.24) is 0 Å². The number of hydrogen-bond donors (Lipinski definition) is 1. The number of rotatable bonds is 6. The standard InChI is InChI=1S/C18H20ClNO3/c1-4-17(23-15-9-7-14(22-3)8-10-15)18(21)20-16-11-13(19)6-5-12(16)2/h5-11,17H,4H2,1-3H3,(H,20,21)/t17-/m1/s1. The van der Waals surface area contributed by atoms with E-state index in [1.807, 2.05) is 19.9 Å². The number of anilines is 1. The molecule has 2 aromatic carbocycles. The molecule has 0 heterocycles. The van der Waals surface area contributed by atoms with Gasteiger partial charge in [-0.05, 0) is 55.3 Å². The van der Waals surface area contributed by atoms with Gasteiger partial charge in [0.05, 0.1) is 7.11 Å². The highest BCUT2D eigenvalue weighted by molar-refractivity contribution is 6.31. The highest BCUT2D eigenvalue weighted by atomic mass is 35.5. The molecular weight excluding hydrogens is 314 g/mol. The van der Waals surface area contributed by atoms with Gasteiger partial charge in [0.1, 0.15) is 11.5 Å². The van der Waals surface area contributed by atoms with Gasteiger partial charge in [-0.2, -0.15) is 0 Å². The summed E-state index contributed by atoms with van der Waals surface area (Å²) >= 11 is 5.98. The Morgan fingerprint density at radius 2 is 1.83 bits per heavy atom. The topological polar surface area (TPSA) is 47.6 Å². The lowest BCUT2D eigenvalue weighted by atomic mass is 10.2. The summed E-state index contributed by atoms with van der Waals surface area (Å²) in [6.07, 6.45) is -0.0286. The van der Waals surface area contributed by atoms with Crippen molar-refractivity contribution in [2.45, 2.75) is 26.4 Å². The van der Waals surface area contributed by atoms with Crippen LogP contribution in [-0.4, -0.2) is 19.1 Å². The maximum atomic E-state index is 12.4. The largest absolute Gasteiger partial charge is 0.497 e. The van der Waals surface area contributed by atoms with E-state index in [-0.39, 0.29) is 5.91 Å². The second kappa shape index (κ2) is 7.88. The lowest BCUT2D eigenvalue weighted by Gasteiger charge is -2.18. The van der Waals surface area contributed by atoms with Crippen LogP contribution < -0.4 is 14.8 Å². The van der Waals surface area contributed by atoms with E-state index >= 15 is 0 Å². The highest BCUT2D eigenvalue weighted by Gasteiger charge is 2.19. The van der Waals surface area contributed by atoms with Crippen LogP contribution in [-0.2, 0) is 4.79 Å². The molecule has 0 fully saturated rings. The molecule has 0 aliphatic rings. The van der Waals surface area contributed by atoms with Crippen LogP contribution in [0.2, 0.25) is 5.02 Å². The fourth-order valence-electron chi connectivity index (χ4n) is 2.08. The molecule has 0 aliphatic heterocycles. The first kappa shape index (κ1) is 17.2. The molecule has 0 unspecified atom stereocenters. The summed E-state index contributed by atoms with van der Waals surface area (Å²) in [4.78, 5) is 12.4. The first-order valence-electron chi connectivity index (χ1n) is 7.41. The van der Waals surface area contributed by atoms with Gasteiger partial charge in [0.25, 0.3) is 5.91 Å². The number of amides is 1. The molecule has 23 heavy (non-hydrogen) atoms. The van der Waals surface area contributed by atoms with Crippen LogP contribution in [0.5, 0.6) is 11.5 Å². The minimum absolute atomic E-state index is 0.200. The van der Waals surface area contributed by atoms with Gasteiger partial charge in [-0.1, -0.05) is 24.6 Å². The highest BCUT2D eigenvalue weighted by Crippen LogP contribution is 2.22. The molecule has 1 atom stereocenters. The number of hydrogen-bond acceptors (Lipinski definition) is 3. The summed E-state index contributed by atoms with van der Waals surface area (Å²) < 4.78 is 10.9. The van der Waals surface area contributed by atoms with Gasteiger partial charge < -0.3 is 14.8 Å². The van der Waals surface area contributed by atoms with E-state index in [0.717, 1.165) is 11.3 Å². The lowest BCUT2D eigenvalue weighted by molar-refractivity contribution is -0.122. The predicted molar refractivity (Wildman–Crippen MR) is 92.5 cm³/mol. The van der Waals surface area contributed by atoms with Crippen LogP contribution in [0.4, 0.5) is 5.69 Å². The van der Waals surface area contributed by atoms with Crippen molar-refractivity contribution in [2.24, 2.45) is 0 Å². The van der Waals surface area contributed by atoms with Crippen LogP contribution in [0.1, 0.15) is 18.9 Å². The summed E-state index contributed by atoms with van der Waals surface area (Å²) in [5.74, 6) is 1.16. The molecule has 2 aromatic rings. The van der Waals surface area contributed by atoms with Gasteiger partial charge in [0, 0.05) is 10.7 Å². The SMILES string of the molecule is CC[C@@H](Oc1ccc(OC)cc1)C(=O)Nc1cc(Cl)ccc1C. The number of benzene rings is 2. The van der Waals surface area contributed by atoms with Crippen LogP contribution in [0.15, 0.2) is 42.5 Å². The third-order valence-corrected chi connectivity index (χ3v) is 3.69. The second-order valence-corrected chi connectivity index (χ2v) is 5.58. The Morgan fingerprint density at radius 3 is 2.43 bits per heavy atom. The first-order chi connectivity index (χ1) is 11.0. The number of ether oxygens (including phenoxy) is 2. The van der Waals surface area contributed by atoms with Gasteiger partial charge in [-0.15, -0.1) is 0 Å². The molecule has 0 bridgehead atoms. The average Bonchev–Trinajstić information content (AvgIpc) is 2.56. The Morgan fingerprint density at radius 1 is 1.17 bits per heavy atom. The summed E-state index contributed by atoms with van der Waals surface area (Å²) in [6, 6.07) is 12.5. The lowest BCUT2D eigenvalue weighted by Crippen LogP contribution is -2.32. The van der Waals surface area contributed by atoms with Crippen LogP contribution in [0, 0.1) is 6.92 Å². The van der Waals surface area contributed by atoms with E-state index < -0.39 is 6.10 Å². The Labute approximate surface area is 141 Å². The zero-order chi connectivity index (χ0) is 16.8. The summed E-state index contributed by atoms with van der Waals surface area (Å²) in [5, 5.41) is 3.45. The maximum Gasteiger partial charge on any atom is 0.265 e. The van der Waals surface area contributed by atoms with E-state index in [1.54, 1.807) is 43.5 Å². The predicted octanol–water partition coefficient (Wildman–Crippen LogP) is 4.45. The molecule has 0 aliphatic carbocycles. The van der Waals surface area contributed by atoms with Crippen LogP contribution >= 0.6 is 11.6 Å². The molecule has 1 N–H and O–H groups in total. The Balaban J connectivity index is 2.07. The molecule has 122 valence electrons.